The van der Waals surface area contributed by atoms with Crippen molar-refractivity contribution in [1.29, 1.82) is 0 Å². The van der Waals surface area contributed by atoms with E-state index in [9.17, 15) is 4.79 Å². The van der Waals surface area contributed by atoms with Crippen molar-refractivity contribution in [1.82, 2.24) is 14.9 Å². The molecular formula is C20H22N4O. The number of rotatable bonds is 3. The summed E-state index contributed by atoms with van der Waals surface area (Å²) >= 11 is 0. The third kappa shape index (κ3) is 3.40. The van der Waals surface area contributed by atoms with Crippen LogP contribution in [0.15, 0.2) is 55.0 Å². The first-order valence-corrected chi connectivity index (χ1v) is 8.83. The van der Waals surface area contributed by atoms with Crippen LogP contribution in [-0.2, 0) is 17.9 Å². The predicted octanol–water partition coefficient (Wildman–Crippen LogP) is 2.79. The summed E-state index contributed by atoms with van der Waals surface area (Å²) in [4.78, 5) is 25.9. The minimum absolute atomic E-state index is 0.116. The molecule has 5 nitrogen and oxygen atoms in total. The van der Waals surface area contributed by atoms with Crippen molar-refractivity contribution in [2.75, 3.05) is 18.0 Å². The standard InChI is InChI=1S/C20H22N4O/c25-20(17-6-1-2-7-17)24-12-11-23(14-16-5-3-9-21-13-16)19-18(15-24)8-4-10-22-19/h1-5,8-10,13,17H,6-7,11-12,14-15H2. The first kappa shape index (κ1) is 15.8. The molecule has 0 spiro atoms. The summed E-state index contributed by atoms with van der Waals surface area (Å²) in [6, 6.07) is 8.06. The molecule has 0 radical (unpaired) electrons. The van der Waals surface area contributed by atoms with Crippen LogP contribution in [0.2, 0.25) is 0 Å². The van der Waals surface area contributed by atoms with Crippen molar-refractivity contribution >= 4 is 11.7 Å². The summed E-state index contributed by atoms with van der Waals surface area (Å²) in [5, 5.41) is 0. The van der Waals surface area contributed by atoms with Crippen LogP contribution >= 0.6 is 0 Å². The number of nitrogens with zero attached hydrogens (tertiary/aromatic N) is 4. The third-order valence-corrected chi connectivity index (χ3v) is 4.93. The molecule has 2 aliphatic rings. The number of hydrogen-bond donors (Lipinski definition) is 0. The second kappa shape index (κ2) is 7.05. The van der Waals surface area contributed by atoms with Gasteiger partial charge >= 0.3 is 0 Å². The molecule has 4 rings (SSSR count). The lowest BCUT2D eigenvalue weighted by molar-refractivity contribution is -0.135. The Morgan fingerprint density at radius 2 is 1.96 bits per heavy atom. The second-order valence-electron chi connectivity index (χ2n) is 6.67. The average Bonchev–Trinajstić information content (AvgIpc) is 3.13. The Balaban J connectivity index is 1.56. The van der Waals surface area contributed by atoms with E-state index < -0.39 is 0 Å². The topological polar surface area (TPSA) is 49.3 Å². The van der Waals surface area contributed by atoms with Crippen molar-refractivity contribution in [2.24, 2.45) is 5.92 Å². The molecular weight excluding hydrogens is 312 g/mol. The van der Waals surface area contributed by atoms with Gasteiger partial charge in [-0.25, -0.2) is 4.98 Å². The Morgan fingerprint density at radius 3 is 2.76 bits per heavy atom. The molecule has 1 aliphatic carbocycles. The number of fused-ring (bicyclic) bond motifs is 1. The molecule has 0 bridgehead atoms. The average molecular weight is 334 g/mol. The minimum atomic E-state index is 0.116. The fourth-order valence-corrected chi connectivity index (χ4v) is 3.60. The second-order valence-corrected chi connectivity index (χ2v) is 6.67. The quantitative estimate of drug-likeness (QED) is 0.810. The van der Waals surface area contributed by atoms with Gasteiger partial charge in [-0.15, -0.1) is 0 Å². The molecule has 1 amide bonds. The summed E-state index contributed by atoms with van der Waals surface area (Å²) in [5.41, 5.74) is 2.27. The van der Waals surface area contributed by atoms with E-state index in [0.29, 0.717) is 6.54 Å². The molecule has 0 N–H and O–H groups in total. The Morgan fingerprint density at radius 1 is 1.12 bits per heavy atom. The monoisotopic (exact) mass is 334 g/mol. The van der Waals surface area contributed by atoms with Crippen molar-refractivity contribution in [3.63, 3.8) is 0 Å². The number of anilines is 1. The largest absolute Gasteiger partial charge is 0.350 e. The summed E-state index contributed by atoms with van der Waals surface area (Å²) in [7, 11) is 0. The molecule has 1 aliphatic heterocycles. The third-order valence-electron chi connectivity index (χ3n) is 4.93. The van der Waals surface area contributed by atoms with E-state index in [1.54, 1.807) is 6.20 Å². The lowest BCUT2D eigenvalue weighted by atomic mass is 10.1. The van der Waals surface area contributed by atoms with E-state index in [4.69, 9.17) is 0 Å². The molecule has 0 saturated heterocycles. The van der Waals surface area contributed by atoms with Gasteiger partial charge in [0.1, 0.15) is 5.82 Å². The highest BCUT2D eigenvalue weighted by molar-refractivity contribution is 5.80. The Bertz CT molecular complexity index is 766. The Hall–Kier alpha value is -2.69. The predicted molar refractivity (Wildman–Crippen MR) is 96.8 cm³/mol. The smallest absolute Gasteiger partial charge is 0.226 e. The van der Waals surface area contributed by atoms with E-state index in [-0.39, 0.29) is 11.8 Å². The highest BCUT2D eigenvalue weighted by Crippen LogP contribution is 2.27. The van der Waals surface area contributed by atoms with Gasteiger partial charge in [-0.2, -0.15) is 0 Å². The summed E-state index contributed by atoms with van der Waals surface area (Å²) in [6.45, 7) is 2.91. The molecule has 0 saturated carbocycles. The highest BCUT2D eigenvalue weighted by Gasteiger charge is 2.28. The van der Waals surface area contributed by atoms with E-state index in [1.165, 1.54) is 0 Å². The number of hydrogen-bond acceptors (Lipinski definition) is 4. The van der Waals surface area contributed by atoms with Gasteiger partial charge in [0.05, 0.1) is 0 Å². The maximum atomic E-state index is 12.9. The molecule has 0 aromatic carbocycles. The number of pyridine rings is 2. The minimum Gasteiger partial charge on any atom is -0.350 e. The first-order valence-electron chi connectivity index (χ1n) is 8.83. The van der Waals surface area contributed by atoms with Crippen molar-refractivity contribution < 1.29 is 4.79 Å². The van der Waals surface area contributed by atoms with Crippen molar-refractivity contribution in [3.8, 4) is 0 Å². The van der Waals surface area contributed by atoms with Gasteiger partial charge in [-0.3, -0.25) is 9.78 Å². The van der Waals surface area contributed by atoms with E-state index >= 15 is 0 Å². The van der Waals surface area contributed by atoms with Crippen LogP contribution in [0.5, 0.6) is 0 Å². The first-order chi connectivity index (χ1) is 12.3. The van der Waals surface area contributed by atoms with Crippen LogP contribution in [-0.4, -0.2) is 33.9 Å². The van der Waals surface area contributed by atoms with Gasteiger partial charge in [0.2, 0.25) is 5.91 Å². The highest BCUT2D eigenvalue weighted by atomic mass is 16.2. The van der Waals surface area contributed by atoms with Crippen LogP contribution in [0.1, 0.15) is 24.0 Å². The summed E-state index contributed by atoms with van der Waals surface area (Å²) in [6.07, 6.45) is 11.5. The van der Waals surface area contributed by atoms with E-state index in [2.05, 4.69) is 39.2 Å². The van der Waals surface area contributed by atoms with Gasteiger partial charge in [0.15, 0.2) is 0 Å². The lowest BCUT2D eigenvalue weighted by Gasteiger charge is -2.25. The van der Waals surface area contributed by atoms with Crippen molar-refractivity contribution in [3.05, 3.63) is 66.1 Å². The molecule has 3 heterocycles. The van der Waals surface area contributed by atoms with Crippen LogP contribution in [0.25, 0.3) is 0 Å². The van der Waals surface area contributed by atoms with Crippen LogP contribution in [0.4, 0.5) is 5.82 Å². The van der Waals surface area contributed by atoms with Gasteiger partial charge < -0.3 is 9.80 Å². The molecule has 0 unspecified atom stereocenters. The fourth-order valence-electron chi connectivity index (χ4n) is 3.60. The van der Waals surface area contributed by atoms with Crippen LogP contribution in [0, 0.1) is 5.92 Å². The molecule has 0 fully saturated rings. The Kier molecular flexibility index (Phi) is 4.46. The number of allylic oxidation sites excluding steroid dienone is 2. The van der Waals surface area contributed by atoms with Gasteiger partial charge in [0, 0.05) is 56.3 Å². The number of aromatic nitrogens is 2. The number of carbonyl (C=O) groups is 1. The summed E-state index contributed by atoms with van der Waals surface area (Å²) in [5.74, 6) is 1.36. The molecule has 128 valence electrons. The van der Waals surface area contributed by atoms with E-state index in [0.717, 1.165) is 49.4 Å². The summed E-state index contributed by atoms with van der Waals surface area (Å²) < 4.78 is 0. The van der Waals surface area contributed by atoms with Gasteiger partial charge in [0.25, 0.3) is 0 Å². The van der Waals surface area contributed by atoms with Crippen molar-refractivity contribution in [2.45, 2.75) is 25.9 Å². The molecule has 2 aromatic rings. The zero-order valence-corrected chi connectivity index (χ0v) is 14.2. The molecule has 2 aromatic heterocycles. The number of amides is 1. The maximum Gasteiger partial charge on any atom is 0.226 e. The lowest BCUT2D eigenvalue weighted by Crippen LogP contribution is -2.38. The Labute approximate surface area is 148 Å². The fraction of sp³-hybridized carbons (Fsp3) is 0.350. The normalized spacial score (nSPS) is 17.4. The molecule has 0 atom stereocenters. The zero-order chi connectivity index (χ0) is 17.1. The van der Waals surface area contributed by atoms with Gasteiger partial charge in [-0.1, -0.05) is 24.3 Å². The van der Waals surface area contributed by atoms with Crippen LogP contribution < -0.4 is 4.90 Å². The zero-order valence-electron chi connectivity index (χ0n) is 14.2. The van der Waals surface area contributed by atoms with Gasteiger partial charge in [-0.05, 0) is 30.5 Å². The van der Waals surface area contributed by atoms with E-state index in [1.807, 2.05) is 29.4 Å². The molecule has 25 heavy (non-hydrogen) atoms. The van der Waals surface area contributed by atoms with Crippen LogP contribution in [0.3, 0.4) is 0 Å². The molecule has 5 heteroatoms. The number of carbonyl (C=O) groups excluding carboxylic acids is 1. The SMILES string of the molecule is O=C(C1CC=CC1)N1CCN(Cc2cccnc2)c2ncccc2C1. The maximum absolute atomic E-state index is 12.9.